The Morgan fingerprint density at radius 3 is 2.72 bits per heavy atom. The Kier molecular flexibility index (Phi) is 5.85. The lowest BCUT2D eigenvalue weighted by molar-refractivity contribution is 0.390. The Hall–Kier alpha value is -1.36. The number of nitrogen functional groups attached to an aromatic ring is 1. The molecular formula is C13H25N5. The number of aromatic nitrogens is 2. The van der Waals surface area contributed by atoms with E-state index in [1.807, 2.05) is 0 Å². The molecule has 1 aromatic heterocycles. The summed E-state index contributed by atoms with van der Waals surface area (Å²) in [4.78, 5) is 10.9. The monoisotopic (exact) mass is 251 g/mol. The molecular weight excluding hydrogens is 226 g/mol. The zero-order chi connectivity index (χ0) is 13.5. The maximum Gasteiger partial charge on any atom is 0.133 e. The van der Waals surface area contributed by atoms with E-state index < -0.39 is 0 Å². The van der Waals surface area contributed by atoms with Crippen LogP contribution >= 0.6 is 0 Å². The van der Waals surface area contributed by atoms with Gasteiger partial charge in [0.15, 0.2) is 0 Å². The highest BCUT2D eigenvalue weighted by Crippen LogP contribution is 2.11. The molecule has 0 spiro atoms. The molecule has 1 unspecified atom stereocenters. The standard InChI is InChI=1S/C13H25N5/c1-5-6-12-16-11(14)9-13(17-12)15-10(2)7-8-18(3)4/h9-10H,5-8H2,1-4H3,(H3,14,15,16,17). The lowest BCUT2D eigenvalue weighted by Crippen LogP contribution is -2.23. The summed E-state index contributed by atoms with van der Waals surface area (Å²) in [6.45, 7) is 5.32. The fourth-order valence-corrected chi connectivity index (χ4v) is 1.70. The summed E-state index contributed by atoms with van der Waals surface area (Å²) < 4.78 is 0. The molecule has 5 heteroatoms. The molecule has 0 aromatic carbocycles. The van der Waals surface area contributed by atoms with Crippen molar-refractivity contribution < 1.29 is 0 Å². The molecule has 102 valence electrons. The third kappa shape index (κ3) is 5.31. The molecule has 0 saturated heterocycles. The molecule has 0 bridgehead atoms. The molecule has 1 aromatic rings. The molecule has 1 heterocycles. The number of hydrogen-bond acceptors (Lipinski definition) is 5. The van der Waals surface area contributed by atoms with Gasteiger partial charge in [0.1, 0.15) is 17.5 Å². The summed E-state index contributed by atoms with van der Waals surface area (Å²) >= 11 is 0. The molecule has 0 saturated carbocycles. The first-order valence-corrected chi connectivity index (χ1v) is 6.56. The summed E-state index contributed by atoms with van der Waals surface area (Å²) in [5.41, 5.74) is 5.79. The average molecular weight is 251 g/mol. The van der Waals surface area contributed by atoms with Crippen LogP contribution in [0.2, 0.25) is 0 Å². The van der Waals surface area contributed by atoms with Crippen molar-refractivity contribution in [1.29, 1.82) is 0 Å². The van der Waals surface area contributed by atoms with E-state index in [2.05, 4.69) is 48.1 Å². The first kappa shape index (κ1) is 14.7. The van der Waals surface area contributed by atoms with Gasteiger partial charge >= 0.3 is 0 Å². The summed E-state index contributed by atoms with van der Waals surface area (Å²) in [5, 5.41) is 3.38. The lowest BCUT2D eigenvalue weighted by atomic mass is 10.2. The van der Waals surface area contributed by atoms with Gasteiger partial charge in [0.2, 0.25) is 0 Å². The van der Waals surface area contributed by atoms with Gasteiger partial charge in [-0.1, -0.05) is 6.92 Å². The Bertz CT molecular complexity index is 364. The molecule has 1 atom stereocenters. The number of rotatable bonds is 7. The van der Waals surface area contributed by atoms with Crippen LogP contribution in [0.15, 0.2) is 6.07 Å². The number of nitrogens with two attached hydrogens (primary N) is 1. The third-order valence-electron chi connectivity index (χ3n) is 2.67. The van der Waals surface area contributed by atoms with E-state index >= 15 is 0 Å². The zero-order valence-corrected chi connectivity index (χ0v) is 11.9. The maximum absolute atomic E-state index is 5.79. The van der Waals surface area contributed by atoms with Crippen LogP contribution in [0.5, 0.6) is 0 Å². The number of hydrogen-bond donors (Lipinski definition) is 2. The van der Waals surface area contributed by atoms with Crippen LogP contribution in [0.3, 0.4) is 0 Å². The van der Waals surface area contributed by atoms with Gasteiger partial charge in [0.25, 0.3) is 0 Å². The van der Waals surface area contributed by atoms with Gasteiger partial charge in [-0.05, 0) is 40.4 Å². The summed E-state index contributed by atoms with van der Waals surface area (Å²) in [6.07, 6.45) is 2.96. The zero-order valence-electron chi connectivity index (χ0n) is 11.9. The Labute approximate surface area is 110 Å². The predicted molar refractivity (Wildman–Crippen MR) is 76.7 cm³/mol. The van der Waals surface area contributed by atoms with Gasteiger partial charge in [-0.3, -0.25) is 0 Å². The van der Waals surface area contributed by atoms with Gasteiger partial charge in [0, 0.05) is 18.5 Å². The van der Waals surface area contributed by atoms with Crippen molar-refractivity contribution in [2.45, 2.75) is 39.2 Å². The maximum atomic E-state index is 5.79. The van der Waals surface area contributed by atoms with Crippen molar-refractivity contribution in [3.63, 3.8) is 0 Å². The molecule has 0 aliphatic heterocycles. The Morgan fingerprint density at radius 2 is 2.11 bits per heavy atom. The van der Waals surface area contributed by atoms with E-state index in [1.165, 1.54) is 0 Å². The van der Waals surface area contributed by atoms with Crippen LogP contribution < -0.4 is 11.1 Å². The SMILES string of the molecule is CCCc1nc(N)cc(NC(C)CCN(C)C)n1. The highest BCUT2D eigenvalue weighted by Gasteiger charge is 2.06. The summed E-state index contributed by atoms with van der Waals surface area (Å²) in [7, 11) is 4.16. The van der Waals surface area contributed by atoms with Crippen molar-refractivity contribution in [3.05, 3.63) is 11.9 Å². The molecule has 5 nitrogen and oxygen atoms in total. The molecule has 0 fully saturated rings. The van der Waals surface area contributed by atoms with Crippen LogP contribution in [0.4, 0.5) is 11.6 Å². The Balaban J connectivity index is 2.60. The molecule has 1 rings (SSSR count). The molecule has 0 aliphatic carbocycles. The van der Waals surface area contributed by atoms with Gasteiger partial charge in [-0.2, -0.15) is 0 Å². The van der Waals surface area contributed by atoms with Gasteiger partial charge in [0.05, 0.1) is 0 Å². The molecule has 0 aliphatic rings. The lowest BCUT2D eigenvalue weighted by Gasteiger charge is -2.17. The average Bonchev–Trinajstić information content (AvgIpc) is 2.26. The van der Waals surface area contributed by atoms with Crippen LogP contribution in [0, 0.1) is 0 Å². The first-order valence-electron chi connectivity index (χ1n) is 6.56. The van der Waals surface area contributed by atoms with E-state index in [4.69, 9.17) is 5.73 Å². The summed E-state index contributed by atoms with van der Waals surface area (Å²) in [6, 6.07) is 2.17. The topological polar surface area (TPSA) is 67.1 Å². The van der Waals surface area contributed by atoms with E-state index in [9.17, 15) is 0 Å². The van der Waals surface area contributed by atoms with E-state index in [-0.39, 0.29) is 0 Å². The van der Waals surface area contributed by atoms with Crippen molar-refractivity contribution >= 4 is 11.6 Å². The van der Waals surface area contributed by atoms with Crippen molar-refractivity contribution in [1.82, 2.24) is 14.9 Å². The van der Waals surface area contributed by atoms with E-state index in [1.54, 1.807) is 6.07 Å². The highest BCUT2D eigenvalue weighted by molar-refractivity contribution is 5.45. The van der Waals surface area contributed by atoms with E-state index in [0.717, 1.165) is 37.4 Å². The molecule has 3 N–H and O–H groups in total. The molecule has 18 heavy (non-hydrogen) atoms. The predicted octanol–water partition coefficient (Wildman–Crippen LogP) is 1.76. The molecule has 0 amide bonds. The molecule has 0 radical (unpaired) electrons. The second kappa shape index (κ2) is 7.16. The largest absolute Gasteiger partial charge is 0.384 e. The Morgan fingerprint density at radius 1 is 1.39 bits per heavy atom. The minimum absolute atomic E-state index is 0.371. The number of anilines is 2. The number of aryl methyl sites for hydroxylation is 1. The van der Waals surface area contributed by atoms with Crippen molar-refractivity contribution in [2.75, 3.05) is 31.7 Å². The smallest absolute Gasteiger partial charge is 0.133 e. The number of nitrogens with one attached hydrogen (secondary N) is 1. The number of nitrogens with zero attached hydrogens (tertiary/aromatic N) is 3. The van der Waals surface area contributed by atoms with Crippen molar-refractivity contribution in [2.24, 2.45) is 0 Å². The van der Waals surface area contributed by atoms with Gasteiger partial charge in [-0.25, -0.2) is 9.97 Å². The van der Waals surface area contributed by atoms with Crippen LogP contribution in [0.25, 0.3) is 0 Å². The van der Waals surface area contributed by atoms with E-state index in [0.29, 0.717) is 11.9 Å². The van der Waals surface area contributed by atoms with Gasteiger partial charge < -0.3 is 16.0 Å². The fraction of sp³-hybridized carbons (Fsp3) is 0.692. The second-order valence-corrected chi connectivity index (χ2v) is 4.98. The fourth-order valence-electron chi connectivity index (χ4n) is 1.70. The minimum Gasteiger partial charge on any atom is -0.384 e. The summed E-state index contributed by atoms with van der Waals surface area (Å²) in [5.74, 6) is 2.19. The second-order valence-electron chi connectivity index (χ2n) is 4.98. The minimum atomic E-state index is 0.371. The van der Waals surface area contributed by atoms with Crippen LogP contribution in [-0.2, 0) is 6.42 Å². The van der Waals surface area contributed by atoms with Gasteiger partial charge in [-0.15, -0.1) is 0 Å². The first-order chi connectivity index (χ1) is 8.51. The van der Waals surface area contributed by atoms with Crippen LogP contribution in [0.1, 0.15) is 32.5 Å². The highest BCUT2D eigenvalue weighted by atomic mass is 15.1. The third-order valence-corrected chi connectivity index (χ3v) is 2.67. The van der Waals surface area contributed by atoms with Crippen molar-refractivity contribution in [3.8, 4) is 0 Å². The quantitative estimate of drug-likeness (QED) is 0.773. The van der Waals surface area contributed by atoms with Crippen LogP contribution in [-0.4, -0.2) is 41.5 Å². The normalized spacial score (nSPS) is 12.7.